The number of hydrogen-bond donors (Lipinski definition) is 1. The molecule has 0 unspecified atom stereocenters. The van der Waals surface area contributed by atoms with Gasteiger partial charge in [0.15, 0.2) is 5.11 Å². The van der Waals surface area contributed by atoms with Crippen LogP contribution in [0.1, 0.15) is 18.1 Å². The van der Waals surface area contributed by atoms with Gasteiger partial charge in [-0.1, -0.05) is 56.1 Å². The molecule has 6 nitrogen and oxygen atoms in total. The fraction of sp³-hybridized carbons (Fsp3) is 0.115. The zero-order valence-corrected chi connectivity index (χ0v) is 22.6. The van der Waals surface area contributed by atoms with Crippen molar-refractivity contribution in [3.63, 3.8) is 0 Å². The van der Waals surface area contributed by atoms with E-state index in [-0.39, 0.29) is 10.7 Å². The highest BCUT2D eigenvalue weighted by molar-refractivity contribution is 9.11. The van der Waals surface area contributed by atoms with E-state index in [0.29, 0.717) is 36.0 Å². The van der Waals surface area contributed by atoms with Gasteiger partial charge < -0.3 is 9.47 Å². The van der Waals surface area contributed by atoms with Crippen LogP contribution in [0.5, 0.6) is 11.5 Å². The lowest BCUT2D eigenvalue weighted by Crippen LogP contribution is -2.54. The van der Waals surface area contributed by atoms with E-state index in [2.05, 4.69) is 37.2 Å². The van der Waals surface area contributed by atoms with E-state index in [1.165, 1.54) is 11.0 Å². The number of carbonyl (C=O) groups is 2. The topological polar surface area (TPSA) is 67.9 Å². The van der Waals surface area contributed by atoms with Crippen LogP contribution in [0.15, 0.2) is 81.2 Å². The number of benzene rings is 3. The van der Waals surface area contributed by atoms with E-state index < -0.39 is 11.8 Å². The normalized spacial score (nSPS) is 14.8. The van der Waals surface area contributed by atoms with E-state index in [1.807, 2.05) is 25.1 Å². The highest BCUT2D eigenvalue weighted by Gasteiger charge is 2.34. The average molecular weight is 616 g/mol. The van der Waals surface area contributed by atoms with Gasteiger partial charge in [-0.05, 0) is 67.2 Å². The third kappa shape index (κ3) is 5.98. The second-order valence-corrected chi connectivity index (χ2v) is 9.64. The number of nitrogens with one attached hydrogen (secondary N) is 1. The first-order valence-corrected chi connectivity index (χ1v) is 12.7. The van der Waals surface area contributed by atoms with Gasteiger partial charge in [-0.2, -0.15) is 0 Å². The quantitative estimate of drug-likeness (QED) is 0.200. The molecule has 0 spiro atoms. The summed E-state index contributed by atoms with van der Waals surface area (Å²) in [4.78, 5) is 27.1. The molecule has 3 aromatic rings. The number of rotatable bonds is 7. The lowest BCUT2D eigenvalue weighted by Gasteiger charge is -2.29. The molecule has 2 amide bonds. The van der Waals surface area contributed by atoms with E-state index in [9.17, 15) is 9.59 Å². The molecule has 1 saturated heterocycles. The van der Waals surface area contributed by atoms with Crippen LogP contribution in [0.4, 0.5) is 5.69 Å². The van der Waals surface area contributed by atoms with Gasteiger partial charge in [-0.15, -0.1) is 0 Å². The van der Waals surface area contributed by atoms with Crippen LogP contribution in [0, 0.1) is 0 Å². The molecule has 178 valence electrons. The highest BCUT2D eigenvalue weighted by atomic mass is 79.9. The molecular formula is C26H20Br2N2O4S. The van der Waals surface area contributed by atoms with Gasteiger partial charge in [-0.3, -0.25) is 19.8 Å². The van der Waals surface area contributed by atoms with E-state index in [0.717, 1.165) is 14.5 Å². The molecule has 4 rings (SSSR count). The number of carbonyl (C=O) groups excluding carboxylic acids is 2. The van der Waals surface area contributed by atoms with Crippen molar-refractivity contribution in [2.45, 2.75) is 13.5 Å². The number of halogens is 2. The summed E-state index contributed by atoms with van der Waals surface area (Å²) < 4.78 is 13.3. The highest BCUT2D eigenvalue weighted by Crippen LogP contribution is 2.27. The maximum Gasteiger partial charge on any atom is 0.270 e. The van der Waals surface area contributed by atoms with Gasteiger partial charge in [0, 0.05) is 20.6 Å². The summed E-state index contributed by atoms with van der Waals surface area (Å²) in [5.41, 5.74) is 2.18. The molecule has 0 radical (unpaired) electrons. The summed E-state index contributed by atoms with van der Waals surface area (Å²) in [7, 11) is 0. The SMILES string of the molecule is CCOc1cccc(N2C(=O)/C(=C/c3ccc(OCc4ccc(Br)cc4Br)cc3)C(=O)NC2=S)c1. The third-order valence-electron chi connectivity index (χ3n) is 5.09. The predicted octanol–water partition coefficient (Wildman–Crippen LogP) is 6.02. The Labute approximate surface area is 225 Å². The number of thiocarbonyl (C=S) groups is 1. The summed E-state index contributed by atoms with van der Waals surface area (Å²) >= 11 is 12.2. The lowest BCUT2D eigenvalue weighted by atomic mass is 10.1. The molecule has 1 N–H and O–H groups in total. The number of anilines is 1. The van der Waals surface area contributed by atoms with Crippen LogP contribution in [0.2, 0.25) is 0 Å². The van der Waals surface area contributed by atoms with Crippen molar-refractivity contribution in [1.82, 2.24) is 5.32 Å². The Balaban J connectivity index is 1.51. The summed E-state index contributed by atoms with van der Waals surface area (Å²) in [6.45, 7) is 2.76. The molecule has 9 heteroatoms. The van der Waals surface area contributed by atoms with E-state index >= 15 is 0 Å². The molecule has 1 aliphatic rings. The van der Waals surface area contributed by atoms with Gasteiger partial charge in [0.25, 0.3) is 11.8 Å². The minimum absolute atomic E-state index is 0.0205. The summed E-state index contributed by atoms with van der Waals surface area (Å²) in [5.74, 6) is 0.219. The van der Waals surface area contributed by atoms with Gasteiger partial charge in [0.1, 0.15) is 23.7 Å². The van der Waals surface area contributed by atoms with Crippen LogP contribution >= 0.6 is 44.1 Å². The van der Waals surface area contributed by atoms with Gasteiger partial charge in [-0.25, -0.2) is 0 Å². The van der Waals surface area contributed by atoms with E-state index in [1.54, 1.807) is 48.5 Å². The summed E-state index contributed by atoms with van der Waals surface area (Å²) in [5, 5.41) is 2.62. The zero-order chi connectivity index (χ0) is 24.9. The van der Waals surface area contributed by atoms with Crippen molar-refractivity contribution in [3.05, 3.63) is 92.4 Å². The molecule has 35 heavy (non-hydrogen) atoms. The lowest BCUT2D eigenvalue weighted by molar-refractivity contribution is -0.122. The molecule has 0 aromatic heterocycles. The molecule has 0 saturated carbocycles. The minimum Gasteiger partial charge on any atom is -0.494 e. The van der Waals surface area contributed by atoms with Crippen molar-refractivity contribution in [2.75, 3.05) is 11.5 Å². The number of amides is 2. The molecule has 0 aliphatic carbocycles. The zero-order valence-electron chi connectivity index (χ0n) is 18.6. The standard InChI is InChI=1S/C26H20Br2N2O4S/c1-2-33-21-5-3-4-19(14-21)30-25(32)22(24(31)29-26(30)35)12-16-6-10-20(11-7-16)34-15-17-8-9-18(27)13-23(17)28/h3-14H,2,15H2,1H3,(H,29,31,35)/b22-12+. The Hall–Kier alpha value is -3.01. The van der Waals surface area contributed by atoms with Crippen LogP contribution < -0.4 is 19.7 Å². The van der Waals surface area contributed by atoms with Crippen molar-refractivity contribution in [1.29, 1.82) is 0 Å². The van der Waals surface area contributed by atoms with Crippen molar-refractivity contribution < 1.29 is 19.1 Å². The molecular weight excluding hydrogens is 596 g/mol. The average Bonchev–Trinajstić information content (AvgIpc) is 2.82. The predicted molar refractivity (Wildman–Crippen MR) is 146 cm³/mol. The van der Waals surface area contributed by atoms with E-state index in [4.69, 9.17) is 21.7 Å². The van der Waals surface area contributed by atoms with Gasteiger partial charge >= 0.3 is 0 Å². The van der Waals surface area contributed by atoms with Gasteiger partial charge in [0.2, 0.25) is 0 Å². The first kappa shape index (κ1) is 25.1. The van der Waals surface area contributed by atoms with Crippen molar-refractivity contribution >= 4 is 72.8 Å². The number of ether oxygens (including phenoxy) is 2. The smallest absolute Gasteiger partial charge is 0.270 e. The summed E-state index contributed by atoms with van der Waals surface area (Å²) in [6.07, 6.45) is 1.54. The van der Waals surface area contributed by atoms with Crippen LogP contribution in [0.25, 0.3) is 6.08 Å². The second-order valence-electron chi connectivity index (χ2n) is 7.48. The second kappa shape index (κ2) is 11.2. The molecule has 0 bridgehead atoms. The summed E-state index contributed by atoms with van der Waals surface area (Å²) in [6, 6.07) is 20.0. The molecule has 3 aromatic carbocycles. The molecule has 0 atom stereocenters. The first-order chi connectivity index (χ1) is 16.9. The van der Waals surface area contributed by atoms with Crippen LogP contribution in [-0.2, 0) is 16.2 Å². The molecule has 1 aliphatic heterocycles. The number of nitrogens with zero attached hydrogens (tertiary/aromatic N) is 1. The third-order valence-corrected chi connectivity index (χ3v) is 6.61. The maximum atomic E-state index is 13.2. The Morgan fingerprint density at radius 3 is 2.46 bits per heavy atom. The largest absolute Gasteiger partial charge is 0.494 e. The first-order valence-electron chi connectivity index (χ1n) is 10.7. The Morgan fingerprint density at radius 1 is 0.971 bits per heavy atom. The molecule has 1 heterocycles. The Morgan fingerprint density at radius 2 is 1.74 bits per heavy atom. The minimum atomic E-state index is -0.544. The van der Waals surface area contributed by atoms with Crippen LogP contribution in [0.3, 0.4) is 0 Å². The van der Waals surface area contributed by atoms with Crippen molar-refractivity contribution in [3.8, 4) is 11.5 Å². The Kier molecular flexibility index (Phi) is 8.00. The number of hydrogen-bond acceptors (Lipinski definition) is 5. The maximum absolute atomic E-state index is 13.2. The fourth-order valence-corrected chi connectivity index (χ4v) is 4.84. The fourth-order valence-electron chi connectivity index (χ4n) is 3.40. The van der Waals surface area contributed by atoms with Crippen molar-refractivity contribution in [2.24, 2.45) is 0 Å². The van der Waals surface area contributed by atoms with Gasteiger partial charge in [0.05, 0.1) is 12.3 Å². The monoisotopic (exact) mass is 614 g/mol. The molecule has 1 fully saturated rings. The Bertz CT molecular complexity index is 1330. The van der Waals surface area contributed by atoms with Crippen LogP contribution in [-0.4, -0.2) is 23.5 Å².